The summed E-state index contributed by atoms with van der Waals surface area (Å²) in [7, 11) is 1.43. The number of nitrogens with zero attached hydrogens (tertiary/aromatic N) is 5. The van der Waals surface area contributed by atoms with Gasteiger partial charge in [-0.15, -0.1) is 4.80 Å². The second-order valence-electron chi connectivity index (χ2n) is 9.75. The summed E-state index contributed by atoms with van der Waals surface area (Å²) in [4.78, 5) is 54.2. The van der Waals surface area contributed by atoms with Crippen molar-refractivity contribution in [2.45, 2.75) is 51.8 Å². The molecule has 1 aromatic carbocycles. The molecule has 12 nitrogen and oxygen atoms in total. The maximum atomic E-state index is 14.4. The smallest absolute Gasteiger partial charge is 0.332 e. The average molecular weight is 585 g/mol. The van der Waals surface area contributed by atoms with Crippen molar-refractivity contribution in [3.05, 3.63) is 68.4 Å². The SMILES string of the molecule is COc1ccc(F)cc1[C@H](Cn1c(=O)n([C@H]2CCCNC2=O)c(=O)c2c(C)c(-n3nccn3)sc21)OCCC(C)=O. The molecule has 3 aromatic heterocycles. The van der Waals surface area contributed by atoms with E-state index in [-0.39, 0.29) is 30.7 Å². The molecule has 1 aliphatic rings. The molecule has 2 atom stereocenters. The molecule has 1 aliphatic heterocycles. The lowest BCUT2D eigenvalue weighted by Gasteiger charge is -2.26. The number of thiophene rings is 1. The monoisotopic (exact) mass is 584 g/mol. The lowest BCUT2D eigenvalue weighted by molar-refractivity contribution is -0.126. The summed E-state index contributed by atoms with van der Waals surface area (Å²) in [5.74, 6) is -0.727. The molecule has 41 heavy (non-hydrogen) atoms. The van der Waals surface area contributed by atoms with Crippen molar-refractivity contribution in [1.82, 2.24) is 29.4 Å². The number of Topliss-reactive ketones (excluding diaryl/α,β-unsaturated/α-hetero) is 1. The molecule has 0 spiro atoms. The van der Waals surface area contributed by atoms with Crippen LogP contribution in [0, 0.1) is 12.7 Å². The van der Waals surface area contributed by atoms with E-state index in [9.17, 15) is 23.6 Å². The number of benzene rings is 1. The zero-order valence-electron chi connectivity index (χ0n) is 22.8. The molecule has 5 rings (SSSR count). The van der Waals surface area contributed by atoms with E-state index in [2.05, 4.69) is 15.5 Å². The van der Waals surface area contributed by atoms with Crippen molar-refractivity contribution in [2.75, 3.05) is 20.3 Å². The first-order valence-electron chi connectivity index (χ1n) is 13.1. The van der Waals surface area contributed by atoms with E-state index in [0.29, 0.717) is 46.1 Å². The second kappa shape index (κ2) is 11.7. The van der Waals surface area contributed by atoms with Crippen LogP contribution in [0.15, 0.2) is 40.2 Å². The predicted molar refractivity (Wildman–Crippen MR) is 148 cm³/mol. The number of halogens is 1. The number of hydrogen-bond donors (Lipinski definition) is 1. The van der Waals surface area contributed by atoms with Crippen molar-refractivity contribution in [2.24, 2.45) is 0 Å². The largest absolute Gasteiger partial charge is 0.496 e. The Balaban J connectivity index is 1.74. The van der Waals surface area contributed by atoms with Gasteiger partial charge in [-0.1, -0.05) is 11.3 Å². The van der Waals surface area contributed by atoms with Gasteiger partial charge in [0.15, 0.2) is 0 Å². The molecule has 0 bridgehead atoms. The number of aromatic nitrogens is 5. The summed E-state index contributed by atoms with van der Waals surface area (Å²) < 4.78 is 28.3. The van der Waals surface area contributed by atoms with Gasteiger partial charge in [0.1, 0.15) is 39.3 Å². The van der Waals surface area contributed by atoms with Crippen LogP contribution in [0.25, 0.3) is 15.2 Å². The number of carbonyl (C=O) groups excluding carboxylic acids is 2. The van der Waals surface area contributed by atoms with Crippen LogP contribution in [0.2, 0.25) is 0 Å². The van der Waals surface area contributed by atoms with Crippen LogP contribution >= 0.6 is 11.3 Å². The van der Waals surface area contributed by atoms with Gasteiger partial charge in [-0.25, -0.2) is 13.8 Å². The van der Waals surface area contributed by atoms with Gasteiger partial charge in [-0.2, -0.15) is 10.2 Å². The number of aryl methyl sites for hydroxylation is 1. The molecule has 14 heteroatoms. The molecule has 0 radical (unpaired) electrons. The molecule has 1 saturated heterocycles. The van der Waals surface area contributed by atoms with E-state index in [4.69, 9.17) is 9.47 Å². The first kappa shape index (κ1) is 28.4. The topological polar surface area (TPSA) is 139 Å². The molecule has 0 aliphatic carbocycles. The lowest BCUT2D eigenvalue weighted by atomic mass is 10.1. The first-order chi connectivity index (χ1) is 19.7. The van der Waals surface area contributed by atoms with Crippen LogP contribution in [-0.4, -0.2) is 56.1 Å². The molecular weight excluding hydrogens is 555 g/mol. The quantitative estimate of drug-likeness (QED) is 0.300. The van der Waals surface area contributed by atoms with Gasteiger partial charge in [-0.3, -0.25) is 19.0 Å². The van der Waals surface area contributed by atoms with E-state index < -0.39 is 35.1 Å². The number of carbonyl (C=O) groups is 2. The maximum Gasteiger partial charge on any atom is 0.332 e. The Hall–Kier alpha value is -4.17. The third-order valence-electron chi connectivity index (χ3n) is 7.05. The lowest BCUT2D eigenvalue weighted by Crippen LogP contribution is -2.49. The summed E-state index contributed by atoms with van der Waals surface area (Å²) in [6, 6.07) is 2.95. The average Bonchev–Trinajstić information content (AvgIpc) is 3.59. The van der Waals surface area contributed by atoms with Crippen LogP contribution in [0.1, 0.15) is 49.5 Å². The normalized spacial score (nSPS) is 16.1. The number of fused-ring (bicyclic) bond motifs is 1. The summed E-state index contributed by atoms with van der Waals surface area (Å²) in [6.45, 7) is 3.47. The Bertz CT molecular complexity index is 1730. The van der Waals surface area contributed by atoms with E-state index in [1.165, 1.54) is 54.0 Å². The Morgan fingerprint density at radius 3 is 2.68 bits per heavy atom. The minimum Gasteiger partial charge on any atom is -0.496 e. The number of rotatable bonds is 10. The highest BCUT2D eigenvalue weighted by molar-refractivity contribution is 7.21. The van der Waals surface area contributed by atoms with E-state index in [1.54, 1.807) is 6.92 Å². The van der Waals surface area contributed by atoms with Crippen molar-refractivity contribution < 1.29 is 23.5 Å². The number of amides is 1. The summed E-state index contributed by atoms with van der Waals surface area (Å²) >= 11 is 1.14. The number of ketones is 1. The highest BCUT2D eigenvalue weighted by atomic mass is 32.1. The van der Waals surface area contributed by atoms with Gasteiger partial charge >= 0.3 is 5.69 Å². The third-order valence-corrected chi connectivity index (χ3v) is 8.33. The van der Waals surface area contributed by atoms with Crippen LogP contribution in [-0.2, 0) is 20.9 Å². The summed E-state index contributed by atoms with van der Waals surface area (Å²) in [5.41, 5.74) is -0.428. The van der Waals surface area contributed by atoms with Gasteiger partial charge in [-0.05, 0) is 44.9 Å². The third kappa shape index (κ3) is 5.44. The number of piperidine rings is 1. The zero-order chi connectivity index (χ0) is 29.3. The van der Waals surface area contributed by atoms with Gasteiger partial charge in [0.2, 0.25) is 5.91 Å². The summed E-state index contributed by atoms with van der Waals surface area (Å²) in [6.07, 6.45) is 3.07. The van der Waals surface area contributed by atoms with Crippen molar-refractivity contribution in [1.29, 1.82) is 0 Å². The molecule has 4 aromatic rings. The van der Waals surface area contributed by atoms with Gasteiger partial charge in [0, 0.05) is 24.1 Å². The second-order valence-corrected chi connectivity index (χ2v) is 10.7. The van der Waals surface area contributed by atoms with E-state index in [1.807, 2.05) is 0 Å². The maximum absolute atomic E-state index is 14.4. The van der Waals surface area contributed by atoms with E-state index in [0.717, 1.165) is 15.9 Å². The number of nitrogens with one attached hydrogen (secondary N) is 1. The molecule has 0 unspecified atom stereocenters. The van der Waals surface area contributed by atoms with Crippen molar-refractivity contribution in [3.63, 3.8) is 0 Å². The van der Waals surface area contributed by atoms with E-state index >= 15 is 0 Å². The Morgan fingerprint density at radius 2 is 2.00 bits per heavy atom. The number of methoxy groups -OCH3 is 1. The van der Waals surface area contributed by atoms with Gasteiger partial charge < -0.3 is 14.8 Å². The Labute approximate surface area is 237 Å². The van der Waals surface area contributed by atoms with Gasteiger partial charge in [0.25, 0.3) is 5.56 Å². The molecule has 1 N–H and O–H groups in total. The van der Waals surface area contributed by atoms with Crippen molar-refractivity contribution >= 4 is 33.2 Å². The molecule has 216 valence electrons. The predicted octanol–water partition coefficient (Wildman–Crippen LogP) is 2.45. The highest BCUT2D eigenvalue weighted by Crippen LogP contribution is 2.34. The summed E-state index contributed by atoms with van der Waals surface area (Å²) in [5, 5.41) is 11.9. The highest BCUT2D eigenvalue weighted by Gasteiger charge is 2.31. The van der Waals surface area contributed by atoms with Gasteiger partial charge in [0.05, 0.1) is 38.0 Å². The Kier molecular flexibility index (Phi) is 8.13. The standard InChI is InChI=1S/C27H29FN6O6S/c1-15(35)8-12-40-21(18-13-17(28)6-7-20(18)39-3)14-32-26-22(16(2)25(41-26)34-30-10-11-31-34)24(37)33(27(32)38)19-5-4-9-29-23(19)36/h6-7,10-11,13,19,21H,4-5,8-9,12,14H2,1-3H3,(H,29,36)/t19-,21-/m0/s1. The minimum atomic E-state index is -0.995. The fraction of sp³-hybridized carbons (Fsp3) is 0.407. The van der Waals surface area contributed by atoms with Crippen LogP contribution < -0.4 is 21.3 Å². The fourth-order valence-corrected chi connectivity index (χ4v) is 6.23. The number of hydrogen-bond acceptors (Lipinski definition) is 9. The van der Waals surface area contributed by atoms with Crippen LogP contribution in [0.3, 0.4) is 0 Å². The zero-order valence-corrected chi connectivity index (χ0v) is 23.6. The van der Waals surface area contributed by atoms with Crippen LogP contribution in [0.5, 0.6) is 5.75 Å². The van der Waals surface area contributed by atoms with Crippen molar-refractivity contribution in [3.8, 4) is 10.8 Å². The Morgan fingerprint density at radius 1 is 1.24 bits per heavy atom. The first-order valence-corrected chi connectivity index (χ1v) is 13.9. The molecule has 1 amide bonds. The molecule has 0 saturated carbocycles. The number of ether oxygens (including phenoxy) is 2. The fourth-order valence-electron chi connectivity index (χ4n) is 5.01. The molecular formula is C27H29FN6O6S. The molecule has 1 fully saturated rings. The van der Waals surface area contributed by atoms with Crippen LogP contribution in [0.4, 0.5) is 4.39 Å². The minimum absolute atomic E-state index is 0.00809. The molecule has 4 heterocycles.